The number of para-hydroxylation sites is 1. The molecule has 0 N–H and O–H groups in total. The number of thiophene rings is 1. The van der Waals surface area contributed by atoms with Crippen molar-refractivity contribution >= 4 is 46.4 Å². The lowest BCUT2D eigenvalue weighted by molar-refractivity contribution is -0.136. The minimum Gasteiger partial charge on any atom is -0.452 e. The number of halogens is 1. The molecule has 164 valence electrons. The van der Waals surface area contributed by atoms with Crippen LogP contribution in [-0.2, 0) is 20.9 Å². The van der Waals surface area contributed by atoms with E-state index in [4.69, 9.17) is 16.3 Å². The highest BCUT2D eigenvalue weighted by Crippen LogP contribution is 2.26. The van der Waals surface area contributed by atoms with Crippen LogP contribution in [-0.4, -0.2) is 66.9 Å². The second-order valence-corrected chi connectivity index (χ2v) is 9.40. The van der Waals surface area contributed by atoms with Crippen molar-refractivity contribution in [1.82, 2.24) is 9.80 Å². The summed E-state index contributed by atoms with van der Waals surface area (Å²) in [6.45, 7) is 3.80. The summed E-state index contributed by atoms with van der Waals surface area (Å²) >= 11 is 7.56. The van der Waals surface area contributed by atoms with Crippen LogP contribution in [0.4, 0.5) is 5.69 Å². The number of carbonyl (C=O) groups is 3. The molecule has 1 aromatic heterocycles. The third kappa shape index (κ3) is 5.26. The van der Waals surface area contributed by atoms with E-state index >= 15 is 0 Å². The monoisotopic (exact) mass is 461 g/mol. The zero-order chi connectivity index (χ0) is 21.8. The second-order valence-electron chi connectivity index (χ2n) is 7.60. The van der Waals surface area contributed by atoms with Crippen molar-refractivity contribution in [2.45, 2.75) is 19.4 Å². The average molecular weight is 462 g/mol. The summed E-state index contributed by atoms with van der Waals surface area (Å²) in [5.41, 5.74) is 0.856. The summed E-state index contributed by atoms with van der Waals surface area (Å²) in [5, 5.41) is 0. The molecule has 2 amide bonds. The first-order chi connectivity index (χ1) is 15.0. The maximum absolute atomic E-state index is 12.6. The molecule has 0 spiro atoms. The zero-order valence-corrected chi connectivity index (χ0v) is 18.7. The standard InChI is InChI=1S/C22H24ClN3O4S/c23-19-8-7-16(31-19)14-24-10-12-25(13-11-24)21(28)15-30-22(29)17-4-1-2-5-18(17)26-9-3-6-20(26)27/h1-2,4-5,7-8H,3,6,9-15H2. The van der Waals surface area contributed by atoms with Crippen LogP contribution < -0.4 is 4.90 Å². The van der Waals surface area contributed by atoms with Crippen LogP contribution in [0.5, 0.6) is 0 Å². The molecule has 9 heteroatoms. The Labute approximate surface area is 190 Å². The number of benzene rings is 1. The van der Waals surface area contributed by atoms with Gasteiger partial charge in [0.05, 0.1) is 15.6 Å². The molecule has 1 aromatic carbocycles. The largest absolute Gasteiger partial charge is 0.452 e. The molecule has 31 heavy (non-hydrogen) atoms. The zero-order valence-electron chi connectivity index (χ0n) is 17.1. The summed E-state index contributed by atoms with van der Waals surface area (Å²) in [5.74, 6) is -0.794. The van der Waals surface area contributed by atoms with Crippen molar-refractivity contribution < 1.29 is 19.1 Å². The van der Waals surface area contributed by atoms with Crippen molar-refractivity contribution in [3.63, 3.8) is 0 Å². The lowest BCUT2D eigenvalue weighted by Gasteiger charge is -2.34. The number of amides is 2. The highest BCUT2D eigenvalue weighted by atomic mass is 35.5. The van der Waals surface area contributed by atoms with E-state index in [-0.39, 0.29) is 18.4 Å². The summed E-state index contributed by atoms with van der Waals surface area (Å²) in [6, 6.07) is 10.8. The third-order valence-corrected chi connectivity index (χ3v) is 6.76. The van der Waals surface area contributed by atoms with Crippen molar-refractivity contribution in [2.24, 2.45) is 0 Å². The highest BCUT2D eigenvalue weighted by Gasteiger charge is 2.27. The van der Waals surface area contributed by atoms with Gasteiger partial charge in [-0.3, -0.25) is 14.5 Å². The van der Waals surface area contributed by atoms with Gasteiger partial charge in [0.1, 0.15) is 0 Å². The predicted molar refractivity (Wildman–Crippen MR) is 119 cm³/mol. The number of esters is 1. The molecule has 2 aromatic rings. The van der Waals surface area contributed by atoms with Gasteiger partial charge in [-0.05, 0) is 30.7 Å². The Morgan fingerprint density at radius 2 is 1.81 bits per heavy atom. The van der Waals surface area contributed by atoms with E-state index in [1.165, 1.54) is 4.88 Å². The van der Waals surface area contributed by atoms with Gasteiger partial charge in [0.2, 0.25) is 5.91 Å². The second kappa shape index (κ2) is 9.80. The fourth-order valence-electron chi connectivity index (χ4n) is 3.89. The van der Waals surface area contributed by atoms with E-state index < -0.39 is 5.97 Å². The number of hydrogen-bond acceptors (Lipinski definition) is 6. The third-order valence-electron chi connectivity index (χ3n) is 5.55. The fraction of sp³-hybridized carbons (Fsp3) is 0.409. The molecule has 0 aliphatic carbocycles. The molecule has 0 atom stereocenters. The van der Waals surface area contributed by atoms with Crippen LogP contribution in [0.2, 0.25) is 4.34 Å². The van der Waals surface area contributed by atoms with E-state index in [1.807, 2.05) is 12.1 Å². The molecule has 2 fully saturated rings. The normalized spacial score (nSPS) is 17.3. The molecule has 0 radical (unpaired) electrons. The average Bonchev–Trinajstić information content (AvgIpc) is 3.40. The van der Waals surface area contributed by atoms with Gasteiger partial charge < -0.3 is 14.5 Å². The predicted octanol–water partition coefficient (Wildman–Crippen LogP) is 3.03. The van der Waals surface area contributed by atoms with E-state index in [2.05, 4.69) is 4.90 Å². The Kier molecular flexibility index (Phi) is 6.89. The van der Waals surface area contributed by atoms with Crippen LogP contribution in [0.15, 0.2) is 36.4 Å². The Bertz CT molecular complexity index is 971. The molecular formula is C22H24ClN3O4S. The Morgan fingerprint density at radius 1 is 1.03 bits per heavy atom. The molecule has 2 aliphatic heterocycles. The van der Waals surface area contributed by atoms with Gasteiger partial charge >= 0.3 is 5.97 Å². The highest BCUT2D eigenvalue weighted by molar-refractivity contribution is 7.16. The number of hydrogen-bond donors (Lipinski definition) is 0. The molecule has 7 nitrogen and oxygen atoms in total. The van der Waals surface area contributed by atoms with Gasteiger partial charge in [-0.1, -0.05) is 23.7 Å². The van der Waals surface area contributed by atoms with Gasteiger partial charge in [0.15, 0.2) is 6.61 Å². The Balaban J connectivity index is 1.28. The molecule has 0 bridgehead atoms. The van der Waals surface area contributed by atoms with Crippen LogP contribution in [0.25, 0.3) is 0 Å². The molecule has 3 heterocycles. The lowest BCUT2D eigenvalue weighted by Crippen LogP contribution is -2.49. The number of carbonyl (C=O) groups excluding carboxylic acids is 3. The van der Waals surface area contributed by atoms with Crippen molar-refractivity contribution in [3.05, 3.63) is 51.2 Å². The van der Waals surface area contributed by atoms with E-state index in [0.29, 0.717) is 37.3 Å². The minimum atomic E-state index is -0.586. The van der Waals surface area contributed by atoms with Crippen molar-refractivity contribution in [2.75, 3.05) is 44.2 Å². The summed E-state index contributed by atoms with van der Waals surface area (Å²) in [6.07, 6.45) is 1.25. The molecule has 0 saturated carbocycles. The molecule has 0 unspecified atom stereocenters. The van der Waals surface area contributed by atoms with Gasteiger partial charge in [0, 0.05) is 50.6 Å². The fourth-order valence-corrected chi connectivity index (χ4v) is 5.02. The summed E-state index contributed by atoms with van der Waals surface area (Å²) < 4.78 is 6.09. The smallest absolute Gasteiger partial charge is 0.340 e. The first kappa shape index (κ1) is 21.8. The van der Waals surface area contributed by atoms with Gasteiger partial charge in [-0.2, -0.15) is 0 Å². The van der Waals surface area contributed by atoms with Crippen LogP contribution in [0.1, 0.15) is 28.1 Å². The van der Waals surface area contributed by atoms with E-state index in [9.17, 15) is 14.4 Å². The number of anilines is 1. The van der Waals surface area contributed by atoms with Crippen molar-refractivity contribution in [1.29, 1.82) is 0 Å². The number of rotatable bonds is 6. The maximum Gasteiger partial charge on any atom is 0.340 e. The number of ether oxygens (including phenoxy) is 1. The summed E-state index contributed by atoms with van der Waals surface area (Å²) in [4.78, 5) is 44.1. The van der Waals surface area contributed by atoms with Gasteiger partial charge in [-0.25, -0.2) is 4.79 Å². The summed E-state index contributed by atoms with van der Waals surface area (Å²) in [7, 11) is 0. The Hall–Kier alpha value is -2.42. The molecule has 4 rings (SSSR count). The van der Waals surface area contributed by atoms with Gasteiger partial charge in [-0.15, -0.1) is 11.3 Å². The van der Waals surface area contributed by atoms with E-state index in [0.717, 1.165) is 30.4 Å². The maximum atomic E-state index is 12.6. The molecular weight excluding hydrogens is 438 g/mol. The van der Waals surface area contributed by atoms with Crippen LogP contribution in [0.3, 0.4) is 0 Å². The quantitative estimate of drug-likeness (QED) is 0.618. The number of piperazine rings is 1. The van der Waals surface area contributed by atoms with Crippen LogP contribution >= 0.6 is 22.9 Å². The lowest BCUT2D eigenvalue weighted by atomic mass is 10.1. The van der Waals surface area contributed by atoms with Gasteiger partial charge in [0.25, 0.3) is 5.91 Å². The van der Waals surface area contributed by atoms with Crippen LogP contribution in [0, 0.1) is 0 Å². The number of nitrogens with zero attached hydrogens (tertiary/aromatic N) is 3. The molecule has 2 saturated heterocycles. The first-order valence-electron chi connectivity index (χ1n) is 10.3. The molecule has 2 aliphatic rings. The van der Waals surface area contributed by atoms with E-state index in [1.54, 1.807) is 45.4 Å². The topological polar surface area (TPSA) is 70.2 Å². The first-order valence-corrected chi connectivity index (χ1v) is 11.5. The SMILES string of the molecule is O=C(OCC(=O)N1CCN(Cc2ccc(Cl)s2)CC1)c1ccccc1N1CCCC1=O. The van der Waals surface area contributed by atoms with Crippen molar-refractivity contribution in [3.8, 4) is 0 Å². The minimum absolute atomic E-state index is 0.000910. The Morgan fingerprint density at radius 3 is 2.48 bits per heavy atom.